The summed E-state index contributed by atoms with van der Waals surface area (Å²) in [6.45, 7) is -0.0845. The zero-order valence-electron chi connectivity index (χ0n) is 14.4. The van der Waals surface area contributed by atoms with E-state index in [2.05, 4.69) is 10.6 Å². The third kappa shape index (κ3) is 4.22. The average Bonchev–Trinajstić information content (AvgIpc) is 2.96. The molecule has 27 heavy (non-hydrogen) atoms. The number of aromatic nitrogens is 1. The normalized spacial score (nSPS) is 12.8. The highest BCUT2D eigenvalue weighted by Gasteiger charge is 2.30. The number of para-hydroxylation sites is 1. The van der Waals surface area contributed by atoms with Crippen molar-refractivity contribution in [3.63, 3.8) is 0 Å². The van der Waals surface area contributed by atoms with Crippen LogP contribution < -0.4 is 10.6 Å². The van der Waals surface area contributed by atoms with Gasteiger partial charge in [0.15, 0.2) is 0 Å². The number of rotatable bonds is 4. The van der Waals surface area contributed by atoms with Crippen LogP contribution in [0.4, 0.5) is 23.7 Å². The fourth-order valence-corrected chi connectivity index (χ4v) is 2.89. The summed E-state index contributed by atoms with van der Waals surface area (Å²) in [5.41, 5.74) is 0.769. The Labute approximate surface area is 153 Å². The molecule has 0 aliphatic heterocycles. The minimum absolute atomic E-state index is 0.0157. The summed E-state index contributed by atoms with van der Waals surface area (Å²) >= 11 is 0. The molecule has 1 heterocycles. The quantitative estimate of drug-likeness (QED) is 0.642. The van der Waals surface area contributed by atoms with Crippen molar-refractivity contribution in [1.82, 2.24) is 9.88 Å². The molecule has 0 saturated heterocycles. The van der Waals surface area contributed by atoms with Gasteiger partial charge in [0.25, 0.3) is 0 Å². The number of hydrogen-bond acceptors (Lipinski definition) is 2. The molecule has 0 radical (unpaired) electrons. The van der Waals surface area contributed by atoms with Gasteiger partial charge < -0.3 is 20.3 Å². The first-order valence-corrected chi connectivity index (χ1v) is 8.20. The number of aliphatic hydroxyl groups excluding tert-OH is 1. The highest BCUT2D eigenvalue weighted by atomic mass is 19.4. The zero-order chi connectivity index (χ0) is 19.6. The SMILES string of the molecule is Cn1cc(C(O)CNC(=O)Nc2cccc(C(F)(F)F)c2)c2ccccc21. The van der Waals surface area contributed by atoms with E-state index < -0.39 is 23.9 Å². The van der Waals surface area contributed by atoms with Gasteiger partial charge >= 0.3 is 12.2 Å². The van der Waals surface area contributed by atoms with Gasteiger partial charge in [0.2, 0.25) is 0 Å². The number of aliphatic hydroxyl groups is 1. The Hall–Kier alpha value is -3.00. The van der Waals surface area contributed by atoms with Gasteiger partial charge in [0.05, 0.1) is 11.7 Å². The molecule has 0 spiro atoms. The van der Waals surface area contributed by atoms with Gasteiger partial charge in [0, 0.05) is 41.9 Å². The van der Waals surface area contributed by atoms with Crippen LogP contribution in [-0.2, 0) is 13.2 Å². The Kier molecular flexibility index (Phi) is 5.09. The lowest BCUT2D eigenvalue weighted by Gasteiger charge is -2.13. The standard InChI is InChI=1S/C19H18F3N3O2/c1-25-11-15(14-7-2-3-8-16(14)25)17(26)10-23-18(27)24-13-6-4-5-12(9-13)19(20,21)22/h2-9,11,17,26H,10H2,1H3,(H2,23,24,27). The Balaban J connectivity index is 1.64. The van der Waals surface area contributed by atoms with Crippen LogP contribution in [0.2, 0.25) is 0 Å². The van der Waals surface area contributed by atoms with Gasteiger partial charge in [-0.05, 0) is 24.3 Å². The molecule has 3 rings (SSSR count). The summed E-state index contributed by atoms with van der Waals surface area (Å²) in [5.74, 6) is 0. The van der Waals surface area contributed by atoms with Gasteiger partial charge in [0.1, 0.15) is 0 Å². The molecule has 3 N–H and O–H groups in total. The summed E-state index contributed by atoms with van der Waals surface area (Å²) in [4.78, 5) is 12.0. The average molecular weight is 377 g/mol. The van der Waals surface area contributed by atoms with Crippen LogP contribution in [0.5, 0.6) is 0 Å². The van der Waals surface area contributed by atoms with E-state index in [1.807, 2.05) is 35.9 Å². The van der Waals surface area contributed by atoms with E-state index >= 15 is 0 Å². The van der Waals surface area contributed by atoms with Crippen LogP contribution in [0.1, 0.15) is 17.2 Å². The van der Waals surface area contributed by atoms with Gasteiger partial charge in [-0.15, -0.1) is 0 Å². The monoisotopic (exact) mass is 377 g/mol. The maximum absolute atomic E-state index is 12.7. The molecule has 142 valence electrons. The molecule has 0 aliphatic carbocycles. The molecule has 3 aromatic rings. The molecule has 0 aliphatic rings. The van der Waals surface area contributed by atoms with Crippen LogP contribution in [-0.4, -0.2) is 22.2 Å². The molecule has 1 unspecified atom stereocenters. The van der Waals surface area contributed by atoms with E-state index in [0.29, 0.717) is 5.56 Å². The number of benzene rings is 2. The number of hydrogen-bond donors (Lipinski definition) is 3. The highest BCUT2D eigenvalue weighted by molar-refractivity contribution is 5.89. The number of amides is 2. The smallest absolute Gasteiger partial charge is 0.386 e. The van der Waals surface area contributed by atoms with Gasteiger partial charge in [-0.3, -0.25) is 0 Å². The number of halogens is 3. The van der Waals surface area contributed by atoms with E-state index in [9.17, 15) is 23.1 Å². The van der Waals surface area contributed by atoms with Crippen molar-refractivity contribution in [3.8, 4) is 0 Å². The third-order valence-corrected chi connectivity index (χ3v) is 4.19. The molecule has 2 amide bonds. The summed E-state index contributed by atoms with van der Waals surface area (Å²) in [7, 11) is 1.85. The van der Waals surface area contributed by atoms with Gasteiger partial charge in [-0.2, -0.15) is 13.2 Å². The van der Waals surface area contributed by atoms with E-state index in [0.717, 1.165) is 23.0 Å². The summed E-state index contributed by atoms with van der Waals surface area (Å²) in [5, 5.41) is 16.1. The predicted molar refractivity (Wildman–Crippen MR) is 96.3 cm³/mol. The molecule has 8 heteroatoms. The number of urea groups is 1. The second-order valence-corrected chi connectivity index (χ2v) is 6.14. The van der Waals surface area contributed by atoms with Crippen molar-refractivity contribution < 1.29 is 23.1 Å². The van der Waals surface area contributed by atoms with E-state index in [1.165, 1.54) is 12.1 Å². The van der Waals surface area contributed by atoms with Crippen molar-refractivity contribution in [2.45, 2.75) is 12.3 Å². The Morgan fingerprint density at radius 3 is 2.67 bits per heavy atom. The number of aryl methyl sites for hydroxylation is 1. The zero-order valence-corrected chi connectivity index (χ0v) is 14.4. The van der Waals surface area contributed by atoms with Gasteiger partial charge in [-0.25, -0.2) is 4.79 Å². The number of carbonyl (C=O) groups is 1. The molecule has 0 saturated carbocycles. The fourth-order valence-electron chi connectivity index (χ4n) is 2.89. The Morgan fingerprint density at radius 1 is 1.19 bits per heavy atom. The number of carbonyl (C=O) groups excluding carboxylic acids is 1. The first kappa shape index (κ1) is 18.8. The molecule has 1 atom stereocenters. The van der Waals surface area contributed by atoms with E-state index in [1.54, 1.807) is 6.20 Å². The maximum Gasteiger partial charge on any atom is 0.416 e. The number of fused-ring (bicyclic) bond motifs is 1. The Bertz CT molecular complexity index is 966. The minimum atomic E-state index is -4.49. The molecule has 5 nitrogen and oxygen atoms in total. The lowest BCUT2D eigenvalue weighted by Crippen LogP contribution is -2.32. The second-order valence-electron chi connectivity index (χ2n) is 6.14. The number of anilines is 1. The topological polar surface area (TPSA) is 66.3 Å². The first-order valence-electron chi connectivity index (χ1n) is 8.20. The first-order chi connectivity index (χ1) is 12.8. The molecule has 0 bridgehead atoms. The fraction of sp³-hybridized carbons (Fsp3) is 0.211. The van der Waals surface area contributed by atoms with Crippen molar-refractivity contribution in [1.29, 1.82) is 0 Å². The van der Waals surface area contributed by atoms with E-state index in [4.69, 9.17) is 0 Å². The molecule has 1 aromatic heterocycles. The molecular weight excluding hydrogens is 359 g/mol. The highest BCUT2D eigenvalue weighted by Crippen LogP contribution is 2.30. The van der Waals surface area contributed by atoms with Crippen molar-refractivity contribution in [2.75, 3.05) is 11.9 Å². The predicted octanol–water partition coefficient (Wildman–Crippen LogP) is 4.05. The van der Waals surface area contributed by atoms with Crippen molar-refractivity contribution in [3.05, 3.63) is 65.9 Å². The van der Waals surface area contributed by atoms with Gasteiger partial charge in [-0.1, -0.05) is 24.3 Å². The number of alkyl halides is 3. The summed E-state index contributed by atoms with van der Waals surface area (Å²) in [6, 6.07) is 11.2. The van der Waals surface area contributed by atoms with Crippen LogP contribution >= 0.6 is 0 Å². The van der Waals surface area contributed by atoms with Crippen LogP contribution in [0, 0.1) is 0 Å². The van der Waals surface area contributed by atoms with E-state index in [-0.39, 0.29) is 12.2 Å². The lowest BCUT2D eigenvalue weighted by molar-refractivity contribution is -0.137. The maximum atomic E-state index is 12.7. The third-order valence-electron chi connectivity index (χ3n) is 4.19. The number of nitrogens with zero attached hydrogens (tertiary/aromatic N) is 1. The van der Waals surface area contributed by atoms with Crippen molar-refractivity contribution >= 4 is 22.6 Å². The largest absolute Gasteiger partial charge is 0.416 e. The molecular formula is C19H18F3N3O2. The van der Waals surface area contributed by atoms with Crippen LogP contribution in [0.25, 0.3) is 10.9 Å². The van der Waals surface area contributed by atoms with Crippen LogP contribution in [0.3, 0.4) is 0 Å². The summed E-state index contributed by atoms with van der Waals surface area (Å²) in [6.07, 6.45) is -3.66. The number of nitrogens with one attached hydrogen (secondary N) is 2. The second kappa shape index (κ2) is 7.32. The van der Waals surface area contributed by atoms with Crippen molar-refractivity contribution in [2.24, 2.45) is 7.05 Å². The van der Waals surface area contributed by atoms with Crippen LogP contribution in [0.15, 0.2) is 54.7 Å². The Morgan fingerprint density at radius 2 is 1.93 bits per heavy atom. The lowest BCUT2D eigenvalue weighted by atomic mass is 10.1. The minimum Gasteiger partial charge on any atom is -0.386 e. The summed E-state index contributed by atoms with van der Waals surface area (Å²) < 4.78 is 40.0. The molecule has 2 aromatic carbocycles. The molecule has 0 fully saturated rings.